The maximum absolute atomic E-state index is 12.3. The summed E-state index contributed by atoms with van der Waals surface area (Å²) in [4.78, 5) is 26.0. The maximum atomic E-state index is 12.3. The standard InChI is InChI=1S/C22H29N3O3/c1-4-25(5-2)20(18-9-7-6-8-10-18)16-24-22(27)23-15-17-11-13-19(14-12-17)21(26)28-3/h6-14,20H,4-5,15-16H2,1-3H3,(H2,23,24,27)/t20-/m0/s1. The molecule has 0 aromatic heterocycles. The van der Waals surface area contributed by atoms with E-state index in [1.807, 2.05) is 18.2 Å². The first-order valence-electron chi connectivity index (χ1n) is 9.57. The lowest BCUT2D eigenvalue weighted by atomic mass is 10.1. The topological polar surface area (TPSA) is 70.7 Å². The van der Waals surface area contributed by atoms with Crippen LogP contribution in [-0.4, -0.2) is 43.6 Å². The minimum absolute atomic E-state index is 0.126. The number of hydrogen-bond acceptors (Lipinski definition) is 4. The molecule has 0 saturated heterocycles. The molecule has 0 saturated carbocycles. The summed E-state index contributed by atoms with van der Waals surface area (Å²) in [5.41, 5.74) is 2.58. The van der Waals surface area contributed by atoms with Crippen molar-refractivity contribution in [2.45, 2.75) is 26.4 Å². The van der Waals surface area contributed by atoms with Gasteiger partial charge in [0, 0.05) is 13.1 Å². The Hall–Kier alpha value is -2.86. The number of ether oxygens (including phenoxy) is 1. The molecule has 150 valence electrons. The minimum atomic E-state index is -0.374. The Bertz CT molecular complexity index is 743. The van der Waals surface area contributed by atoms with Gasteiger partial charge in [-0.2, -0.15) is 0 Å². The van der Waals surface area contributed by atoms with E-state index in [1.54, 1.807) is 24.3 Å². The number of carbonyl (C=O) groups excluding carboxylic acids is 2. The lowest BCUT2D eigenvalue weighted by molar-refractivity contribution is 0.0600. The van der Waals surface area contributed by atoms with Crippen LogP contribution >= 0.6 is 0 Å². The first-order valence-corrected chi connectivity index (χ1v) is 9.57. The maximum Gasteiger partial charge on any atom is 0.337 e. The lowest BCUT2D eigenvalue weighted by Crippen LogP contribution is -2.42. The second-order valence-corrected chi connectivity index (χ2v) is 6.40. The van der Waals surface area contributed by atoms with E-state index in [1.165, 1.54) is 12.7 Å². The monoisotopic (exact) mass is 383 g/mol. The van der Waals surface area contributed by atoms with Crippen LogP contribution in [-0.2, 0) is 11.3 Å². The van der Waals surface area contributed by atoms with E-state index in [2.05, 4.69) is 46.3 Å². The van der Waals surface area contributed by atoms with Crippen LogP contribution in [0.15, 0.2) is 54.6 Å². The van der Waals surface area contributed by atoms with E-state index >= 15 is 0 Å². The van der Waals surface area contributed by atoms with Gasteiger partial charge in [0.05, 0.1) is 18.7 Å². The molecule has 0 heterocycles. The Labute approximate surface area is 166 Å². The molecule has 0 bridgehead atoms. The van der Waals surface area contributed by atoms with Crippen molar-refractivity contribution in [2.75, 3.05) is 26.7 Å². The zero-order valence-electron chi connectivity index (χ0n) is 16.8. The molecule has 0 radical (unpaired) electrons. The third-order valence-electron chi connectivity index (χ3n) is 4.72. The highest BCUT2D eigenvalue weighted by Gasteiger charge is 2.18. The minimum Gasteiger partial charge on any atom is -0.465 e. The number of rotatable bonds is 9. The molecule has 0 spiro atoms. The molecule has 0 fully saturated rings. The lowest BCUT2D eigenvalue weighted by Gasteiger charge is -2.30. The summed E-state index contributed by atoms with van der Waals surface area (Å²) in [6.07, 6.45) is 0. The molecule has 1 atom stereocenters. The van der Waals surface area contributed by atoms with Crippen molar-refractivity contribution < 1.29 is 14.3 Å². The molecule has 0 aliphatic carbocycles. The average Bonchev–Trinajstić information content (AvgIpc) is 2.75. The number of likely N-dealkylation sites (N-methyl/N-ethyl adjacent to an activating group) is 1. The van der Waals surface area contributed by atoms with Gasteiger partial charge in [0.2, 0.25) is 0 Å². The van der Waals surface area contributed by atoms with Gasteiger partial charge in [-0.25, -0.2) is 9.59 Å². The van der Waals surface area contributed by atoms with Gasteiger partial charge in [0.1, 0.15) is 0 Å². The Morgan fingerprint density at radius 1 is 0.964 bits per heavy atom. The van der Waals surface area contributed by atoms with Crippen molar-refractivity contribution in [2.24, 2.45) is 0 Å². The number of carbonyl (C=O) groups is 2. The van der Waals surface area contributed by atoms with Crippen molar-refractivity contribution in [1.82, 2.24) is 15.5 Å². The molecule has 0 aliphatic rings. The van der Waals surface area contributed by atoms with Crippen molar-refractivity contribution in [1.29, 1.82) is 0 Å². The van der Waals surface area contributed by atoms with Crippen LogP contribution in [0.5, 0.6) is 0 Å². The molecule has 2 aromatic carbocycles. The number of nitrogens with one attached hydrogen (secondary N) is 2. The fourth-order valence-electron chi connectivity index (χ4n) is 3.11. The highest BCUT2D eigenvalue weighted by atomic mass is 16.5. The largest absolute Gasteiger partial charge is 0.465 e. The SMILES string of the molecule is CCN(CC)[C@@H](CNC(=O)NCc1ccc(C(=O)OC)cc1)c1ccccc1. The number of amides is 2. The number of methoxy groups -OCH3 is 1. The summed E-state index contributed by atoms with van der Waals surface area (Å²) in [7, 11) is 1.35. The zero-order chi connectivity index (χ0) is 20.4. The molecule has 28 heavy (non-hydrogen) atoms. The van der Waals surface area contributed by atoms with Gasteiger partial charge in [-0.15, -0.1) is 0 Å². The van der Waals surface area contributed by atoms with Gasteiger partial charge in [-0.1, -0.05) is 56.3 Å². The normalized spacial score (nSPS) is 11.7. The first kappa shape index (κ1) is 21.4. The van der Waals surface area contributed by atoms with Gasteiger partial charge < -0.3 is 15.4 Å². The van der Waals surface area contributed by atoms with Gasteiger partial charge in [0.25, 0.3) is 0 Å². The van der Waals surface area contributed by atoms with Crippen LogP contribution in [0.4, 0.5) is 4.79 Å². The molecule has 2 amide bonds. The van der Waals surface area contributed by atoms with E-state index < -0.39 is 0 Å². The summed E-state index contributed by atoms with van der Waals surface area (Å²) in [5, 5.41) is 5.83. The highest BCUT2D eigenvalue weighted by molar-refractivity contribution is 5.89. The summed E-state index contributed by atoms with van der Waals surface area (Å²) < 4.78 is 4.68. The summed E-state index contributed by atoms with van der Waals surface area (Å²) >= 11 is 0. The van der Waals surface area contributed by atoms with E-state index in [0.717, 1.165) is 18.7 Å². The molecular weight excluding hydrogens is 354 g/mol. The summed E-state index contributed by atoms with van der Waals surface area (Å²) in [6.45, 7) is 6.97. The van der Waals surface area contributed by atoms with Crippen LogP contribution in [0, 0.1) is 0 Å². The van der Waals surface area contributed by atoms with Gasteiger partial charge in [0.15, 0.2) is 0 Å². The predicted octanol–water partition coefficient (Wildman–Crippen LogP) is 3.36. The van der Waals surface area contributed by atoms with Crippen molar-refractivity contribution in [3.05, 3.63) is 71.3 Å². The van der Waals surface area contributed by atoms with E-state index in [-0.39, 0.29) is 18.0 Å². The van der Waals surface area contributed by atoms with Crippen molar-refractivity contribution >= 4 is 12.0 Å². The second kappa shape index (κ2) is 11.1. The fraction of sp³-hybridized carbons (Fsp3) is 0.364. The van der Waals surface area contributed by atoms with E-state index in [4.69, 9.17) is 0 Å². The van der Waals surface area contributed by atoms with Crippen LogP contribution in [0.1, 0.15) is 41.4 Å². The van der Waals surface area contributed by atoms with Crippen LogP contribution in [0.25, 0.3) is 0 Å². The summed E-state index contributed by atoms with van der Waals surface area (Å²) in [5.74, 6) is -0.374. The second-order valence-electron chi connectivity index (χ2n) is 6.40. The smallest absolute Gasteiger partial charge is 0.337 e. The van der Waals surface area contributed by atoms with Gasteiger partial charge in [-0.05, 0) is 36.3 Å². The molecule has 0 aliphatic heterocycles. The van der Waals surface area contributed by atoms with Crippen molar-refractivity contribution in [3.63, 3.8) is 0 Å². The van der Waals surface area contributed by atoms with E-state index in [9.17, 15) is 9.59 Å². The number of nitrogens with zero attached hydrogens (tertiary/aromatic N) is 1. The van der Waals surface area contributed by atoms with Crippen LogP contribution < -0.4 is 10.6 Å². The van der Waals surface area contributed by atoms with Crippen LogP contribution in [0.3, 0.4) is 0 Å². The number of esters is 1. The molecular formula is C22H29N3O3. The third-order valence-corrected chi connectivity index (χ3v) is 4.72. The molecule has 2 aromatic rings. The Balaban J connectivity index is 1.89. The average molecular weight is 383 g/mol. The molecule has 2 N–H and O–H groups in total. The molecule has 2 rings (SSSR count). The van der Waals surface area contributed by atoms with Crippen LogP contribution in [0.2, 0.25) is 0 Å². The Morgan fingerprint density at radius 2 is 1.61 bits per heavy atom. The number of urea groups is 1. The highest BCUT2D eigenvalue weighted by Crippen LogP contribution is 2.19. The Kier molecular flexibility index (Phi) is 8.49. The number of hydrogen-bond donors (Lipinski definition) is 2. The van der Waals surface area contributed by atoms with Gasteiger partial charge in [-0.3, -0.25) is 4.90 Å². The third kappa shape index (κ3) is 6.09. The fourth-order valence-corrected chi connectivity index (χ4v) is 3.11. The quantitative estimate of drug-likeness (QED) is 0.652. The Morgan fingerprint density at radius 3 is 2.18 bits per heavy atom. The zero-order valence-corrected chi connectivity index (χ0v) is 16.8. The van der Waals surface area contributed by atoms with Crippen molar-refractivity contribution in [3.8, 4) is 0 Å². The summed E-state index contributed by atoms with van der Waals surface area (Å²) in [6, 6.07) is 17.1. The molecule has 6 heteroatoms. The van der Waals surface area contributed by atoms with Gasteiger partial charge >= 0.3 is 12.0 Å². The first-order chi connectivity index (χ1) is 13.6. The molecule has 0 unspecified atom stereocenters. The molecule has 6 nitrogen and oxygen atoms in total. The number of benzene rings is 2. The predicted molar refractivity (Wildman–Crippen MR) is 110 cm³/mol. The van der Waals surface area contributed by atoms with E-state index in [0.29, 0.717) is 18.7 Å².